The van der Waals surface area contributed by atoms with Gasteiger partial charge in [0.05, 0.1) is 24.9 Å². The number of Topliss-reactive ketones (excluding diaryl/α,β-unsaturated/α-hetero) is 1. The number of carbonyl (C=O) groups excluding carboxylic acids is 1. The summed E-state index contributed by atoms with van der Waals surface area (Å²) in [5, 5.41) is 63.4. The molecule has 11 nitrogen and oxygen atoms in total. The molecular formula is C32H48O11. The topological polar surface area (TPSA) is 175 Å². The third-order valence-corrected chi connectivity index (χ3v) is 11.9. The molecule has 4 fully saturated rings. The fourth-order valence-corrected chi connectivity index (χ4v) is 9.46. The molecule has 6 aliphatic rings. The minimum atomic E-state index is -1.61. The van der Waals surface area contributed by atoms with Crippen LogP contribution in [0.2, 0.25) is 0 Å². The van der Waals surface area contributed by atoms with E-state index in [0.717, 1.165) is 36.8 Å². The van der Waals surface area contributed by atoms with E-state index < -0.39 is 72.9 Å². The molecule has 0 spiro atoms. The maximum atomic E-state index is 12.5. The van der Waals surface area contributed by atoms with Gasteiger partial charge in [-0.2, -0.15) is 0 Å². The summed E-state index contributed by atoms with van der Waals surface area (Å²) >= 11 is 0. The normalized spacial score (nSPS) is 53.3. The van der Waals surface area contributed by atoms with E-state index in [1.807, 2.05) is 0 Å². The van der Waals surface area contributed by atoms with Gasteiger partial charge in [0.15, 0.2) is 18.4 Å². The second kappa shape index (κ2) is 11.5. The highest BCUT2D eigenvalue weighted by molar-refractivity contribution is 5.95. The Hall–Kier alpha value is -1.25. The Morgan fingerprint density at radius 2 is 1.67 bits per heavy atom. The molecule has 16 atom stereocenters. The molecule has 2 aliphatic heterocycles. The van der Waals surface area contributed by atoms with Crippen molar-refractivity contribution in [3.8, 4) is 0 Å². The number of aliphatic hydroxyl groups is 6. The Morgan fingerprint density at radius 3 is 2.40 bits per heavy atom. The monoisotopic (exact) mass is 608 g/mol. The average molecular weight is 609 g/mol. The van der Waals surface area contributed by atoms with Crippen LogP contribution in [0, 0.1) is 28.6 Å². The van der Waals surface area contributed by atoms with Gasteiger partial charge in [-0.3, -0.25) is 4.79 Å². The van der Waals surface area contributed by atoms with Crippen LogP contribution >= 0.6 is 0 Å². The molecule has 0 aromatic carbocycles. The molecule has 0 amide bonds. The molecule has 0 aromatic rings. The van der Waals surface area contributed by atoms with Crippen molar-refractivity contribution >= 4 is 5.78 Å². The Morgan fingerprint density at radius 1 is 0.930 bits per heavy atom. The van der Waals surface area contributed by atoms with E-state index in [4.69, 9.17) is 18.9 Å². The van der Waals surface area contributed by atoms with Crippen LogP contribution in [-0.2, 0) is 23.7 Å². The molecule has 4 aliphatic carbocycles. The second-order valence-electron chi connectivity index (χ2n) is 14.3. The molecule has 2 heterocycles. The molecule has 0 radical (unpaired) electrons. The third-order valence-electron chi connectivity index (χ3n) is 11.9. The summed E-state index contributed by atoms with van der Waals surface area (Å²) in [5.74, 6) is 1.05. The first-order chi connectivity index (χ1) is 20.3. The number of rotatable bonds is 5. The van der Waals surface area contributed by atoms with Crippen molar-refractivity contribution in [3.63, 3.8) is 0 Å². The summed E-state index contributed by atoms with van der Waals surface area (Å²) in [4.78, 5) is 12.5. The van der Waals surface area contributed by atoms with Crippen molar-refractivity contribution in [2.24, 2.45) is 28.6 Å². The van der Waals surface area contributed by atoms with Gasteiger partial charge in [-0.15, -0.1) is 0 Å². The van der Waals surface area contributed by atoms with Crippen LogP contribution in [0.1, 0.15) is 66.2 Å². The summed E-state index contributed by atoms with van der Waals surface area (Å²) in [6.07, 6.45) is -4.28. The molecule has 6 N–H and O–H groups in total. The predicted octanol–water partition coefficient (Wildman–Crippen LogP) is 0.721. The van der Waals surface area contributed by atoms with E-state index in [-0.39, 0.29) is 23.7 Å². The van der Waals surface area contributed by atoms with Gasteiger partial charge in [0.25, 0.3) is 0 Å². The number of fused-ring (bicyclic) bond motifs is 5. The van der Waals surface area contributed by atoms with E-state index in [9.17, 15) is 35.4 Å². The predicted molar refractivity (Wildman–Crippen MR) is 151 cm³/mol. The molecule has 2 saturated heterocycles. The Labute approximate surface area is 252 Å². The lowest BCUT2D eigenvalue weighted by molar-refractivity contribution is -0.362. The molecule has 11 heteroatoms. The largest absolute Gasteiger partial charge is 0.393 e. The molecule has 242 valence electrons. The van der Waals surface area contributed by atoms with Gasteiger partial charge < -0.3 is 49.6 Å². The maximum absolute atomic E-state index is 12.5. The lowest BCUT2D eigenvalue weighted by Gasteiger charge is -2.60. The van der Waals surface area contributed by atoms with Crippen molar-refractivity contribution in [2.45, 2.75) is 134 Å². The Bertz CT molecular complexity index is 1140. The minimum absolute atomic E-state index is 0.147. The van der Waals surface area contributed by atoms with Crippen LogP contribution in [-0.4, -0.2) is 111 Å². The summed E-state index contributed by atoms with van der Waals surface area (Å²) in [6.45, 7) is 7.40. The second-order valence-corrected chi connectivity index (χ2v) is 14.3. The number of ether oxygens (including phenoxy) is 4. The Kier molecular flexibility index (Phi) is 8.50. The summed E-state index contributed by atoms with van der Waals surface area (Å²) in [7, 11) is 0. The molecule has 0 bridgehead atoms. The lowest BCUT2D eigenvalue weighted by atomic mass is 9.46. The van der Waals surface area contributed by atoms with Gasteiger partial charge >= 0.3 is 0 Å². The SMILES string of the molecule is CC(=O)C1=CC[C@H]2[C@@H]3CC=C4CC(O)CC(O[C@@H]5OC[C@H](O)[C@H](O)[C@H]5O[C@@H]5O[C@@H](C)[C@H](O)[C@@H](O)[C@H]5O)[C@]4(C)[C@H]3CC[C@]12C. The fourth-order valence-electron chi connectivity index (χ4n) is 9.46. The van der Waals surface area contributed by atoms with Crippen molar-refractivity contribution in [3.05, 3.63) is 23.3 Å². The zero-order chi connectivity index (χ0) is 31.0. The summed E-state index contributed by atoms with van der Waals surface area (Å²) in [6, 6.07) is 0. The van der Waals surface area contributed by atoms with E-state index in [1.165, 1.54) is 6.92 Å². The van der Waals surface area contributed by atoms with Crippen LogP contribution < -0.4 is 0 Å². The van der Waals surface area contributed by atoms with Crippen molar-refractivity contribution < 1.29 is 54.4 Å². The van der Waals surface area contributed by atoms with Crippen LogP contribution in [0.25, 0.3) is 0 Å². The number of hydrogen-bond donors (Lipinski definition) is 6. The van der Waals surface area contributed by atoms with Crippen LogP contribution in [0.3, 0.4) is 0 Å². The minimum Gasteiger partial charge on any atom is -0.393 e. The zero-order valence-electron chi connectivity index (χ0n) is 25.4. The number of allylic oxidation sites excluding steroid dienone is 3. The van der Waals surface area contributed by atoms with Gasteiger partial charge in [0.1, 0.15) is 36.6 Å². The summed E-state index contributed by atoms with van der Waals surface area (Å²) < 4.78 is 24.1. The number of ketones is 1. The quantitative estimate of drug-likeness (QED) is 0.243. The van der Waals surface area contributed by atoms with Crippen LogP contribution in [0.5, 0.6) is 0 Å². The summed E-state index contributed by atoms with van der Waals surface area (Å²) in [5.41, 5.74) is 1.49. The molecular weight excluding hydrogens is 560 g/mol. The van der Waals surface area contributed by atoms with E-state index >= 15 is 0 Å². The van der Waals surface area contributed by atoms with Gasteiger partial charge in [-0.1, -0.05) is 31.6 Å². The van der Waals surface area contributed by atoms with Gasteiger partial charge in [0.2, 0.25) is 0 Å². The highest BCUT2D eigenvalue weighted by atomic mass is 16.8. The first-order valence-corrected chi connectivity index (χ1v) is 15.8. The standard InChI is InChI=1S/C32H48O11/c1-14(33)19-7-8-20-18-6-5-16-11-17(34)12-23(32(16,4)21(18)9-10-31(19,20)3)42-30-28(25(37)22(35)13-40-30)43-29-27(39)26(38)24(36)15(2)41-29/h5,7,15,17-18,20-30,34-39H,6,8-13H2,1-4H3/t15-,17?,18-,20-,21-,22-,23?,24-,25-,26+,27+,28+,29-,30-,31+,32-/m0/s1. The van der Waals surface area contributed by atoms with Crippen molar-refractivity contribution in [1.29, 1.82) is 0 Å². The average Bonchev–Trinajstić information content (AvgIpc) is 3.32. The molecule has 0 aromatic heterocycles. The lowest BCUT2D eigenvalue weighted by Crippen LogP contribution is -2.63. The van der Waals surface area contributed by atoms with Gasteiger partial charge in [0, 0.05) is 11.8 Å². The molecule has 2 saturated carbocycles. The fraction of sp³-hybridized carbons (Fsp3) is 0.844. The molecule has 2 unspecified atom stereocenters. The highest BCUT2D eigenvalue weighted by Gasteiger charge is 2.61. The first kappa shape index (κ1) is 31.7. The van der Waals surface area contributed by atoms with E-state index in [0.29, 0.717) is 24.7 Å². The maximum Gasteiger partial charge on any atom is 0.187 e. The number of hydrogen-bond acceptors (Lipinski definition) is 11. The van der Waals surface area contributed by atoms with Crippen molar-refractivity contribution in [1.82, 2.24) is 0 Å². The smallest absolute Gasteiger partial charge is 0.187 e. The molecule has 6 rings (SSSR count). The molecule has 43 heavy (non-hydrogen) atoms. The van der Waals surface area contributed by atoms with Crippen LogP contribution in [0.15, 0.2) is 23.3 Å². The zero-order valence-corrected chi connectivity index (χ0v) is 25.4. The first-order valence-electron chi connectivity index (χ1n) is 15.8. The van der Waals surface area contributed by atoms with E-state index in [2.05, 4.69) is 26.0 Å². The number of carbonyl (C=O) groups is 1. The van der Waals surface area contributed by atoms with Crippen LogP contribution in [0.4, 0.5) is 0 Å². The Balaban J connectivity index is 1.27. The van der Waals surface area contributed by atoms with Gasteiger partial charge in [-0.25, -0.2) is 0 Å². The van der Waals surface area contributed by atoms with Gasteiger partial charge in [-0.05, 0) is 74.7 Å². The van der Waals surface area contributed by atoms with Crippen molar-refractivity contribution in [2.75, 3.05) is 6.61 Å². The highest BCUT2D eigenvalue weighted by Crippen LogP contribution is 2.65. The third kappa shape index (κ3) is 5.08. The van der Waals surface area contributed by atoms with E-state index in [1.54, 1.807) is 6.92 Å². The number of aliphatic hydroxyl groups excluding tert-OH is 6.